The lowest BCUT2D eigenvalue weighted by molar-refractivity contribution is 0.666. The number of fused-ring (bicyclic) bond motifs is 7. The quantitative estimate of drug-likeness (QED) is 0.195. The number of para-hydroxylation sites is 3. The van der Waals surface area contributed by atoms with Gasteiger partial charge < -0.3 is 13.6 Å². The largest absolute Gasteiger partial charge is 0.454 e. The summed E-state index contributed by atoms with van der Waals surface area (Å²) in [7, 11) is 0. The van der Waals surface area contributed by atoms with Crippen LogP contribution in [0.4, 0.5) is 0 Å². The third-order valence-corrected chi connectivity index (χ3v) is 9.22. The van der Waals surface area contributed by atoms with Crippen LogP contribution in [0.25, 0.3) is 89.3 Å². The summed E-state index contributed by atoms with van der Waals surface area (Å²) in [6.07, 6.45) is 6.21. The summed E-state index contributed by atoms with van der Waals surface area (Å²) in [6.45, 7) is 6.20. The summed E-state index contributed by atoms with van der Waals surface area (Å²) < 4.78 is 11.4. The van der Waals surface area contributed by atoms with Crippen molar-refractivity contribution in [2.75, 3.05) is 0 Å². The van der Waals surface area contributed by atoms with Crippen LogP contribution in [0.3, 0.4) is 0 Å². The van der Waals surface area contributed by atoms with Crippen LogP contribution in [0.1, 0.15) is 18.2 Å². The highest BCUT2D eigenvalue weighted by Gasteiger charge is 2.20. The molecule has 0 atom stereocenters. The van der Waals surface area contributed by atoms with E-state index in [2.05, 4.69) is 168 Å². The van der Waals surface area contributed by atoms with Gasteiger partial charge in [-0.1, -0.05) is 104 Å². The fraction of sp³-hybridized carbons (Fsp3) is 0.0233. The summed E-state index contributed by atoms with van der Waals surface area (Å²) in [4.78, 5) is 0. The molecule has 46 heavy (non-hydrogen) atoms. The highest BCUT2D eigenvalue weighted by Crippen LogP contribution is 2.40. The van der Waals surface area contributed by atoms with Gasteiger partial charge in [0, 0.05) is 38.2 Å². The van der Waals surface area contributed by atoms with Crippen LogP contribution in [0.2, 0.25) is 0 Å². The molecule has 0 fully saturated rings. The molecule has 3 heterocycles. The van der Waals surface area contributed by atoms with Gasteiger partial charge in [0.1, 0.15) is 5.58 Å². The normalized spacial score (nSPS) is 12.0. The molecule has 0 aliphatic heterocycles. The predicted octanol–water partition coefficient (Wildman–Crippen LogP) is 12.0. The Kier molecular flexibility index (Phi) is 5.87. The lowest BCUT2D eigenvalue weighted by Crippen LogP contribution is -1.97. The van der Waals surface area contributed by atoms with Crippen molar-refractivity contribution in [2.24, 2.45) is 0 Å². The smallest absolute Gasteiger partial charge is 0.159 e. The van der Waals surface area contributed by atoms with Crippen LogP contribution < -0.4 is 0 Å². The lowest BCUT2D eigenvalue weighted by Gasteiger charge is -2.10. The number of furan rings is 1. The Balaban J connectivity index is 1.29. The summed E-state index contributed by atoms with van der Waals surface area (Å²) in [5, 5.41) is 5.81. The van der Waals surface area contributed by atoms with E-state index in [0.29, 0.717) is 0 Å². The van der Waals surface area contributed by atoms with Crippen LogP contribution >= 0.6 is 0 Å². The molecule has 3 aromatic heterocycles. The second-order valence-corrected chi connectivity index (χ2v) is 11.7. The molecule has 0 aliphatic rings. The number of allylic oxidation sites excluding steroid dienone is 1. The maximum atomic E-state index is 6.72. The number of hydrogen-bond acceptors (Lipinski definition) is 1. The maximum absolute atomic E-state index is 6.72. The van der Waals surface area contributed by atoms with Gasteiger partial charge in [0.15, 0.2) is 5.58 Å². The van der Waals surface area contributed by atoms with Gasteiger partial charge in [-0.05, 0) is 72.7 Å². The van der Waals surface area contributed by atoms with Crippen molar-refractivity contribution in [2.45, 2.75) is 6.92 Å². The van der Waals surface area contributed by atoms with Gasteiger partial charge in [0.2, 0.25) is 0 Å². The Morgan fingerprint density at radius 1 is 0.565 bits per heavy atom. The molecule has 3 heteroatoms. The summed E-state index contributed by atoms with van der Waals surface area (Å²) in [5.74, 6) is 0. The minimum Gasteiger partial charge on any atom is -0.454 e. The van der Waals surface area contributed by atoms with Gasteiger partial charge in [-0.2, -0.15) is 0 Å². The molecular weight excluding hydrogens is 560 g/mol. The van der Waals surface area contributed by atoms with Crippen LogP contribution in [0.5, 0.6) is 0 Å². The van der Waals surface area contributed by atoms with Crippen LogP contribution in [0, 0.1) is 0 Å². The maximum Gasteiger partial charge on any atom is 0.159 e. The third kappa shape index (κ3) is 3.79. The average Bonchev–Trinajstić information content (AvgIpc) is 3.75. The molecule has 0 spiro atoms. The van der Waals surface area contributed by atoms with Crippen molar-refractivity contribution in [3.05, 3.63) is 157 Å². The molecule has 0 amide bonds. The molecule has 6 aromatic carbocycles. The van der Waals surface area contributed by atoms with Crippen molar-refractivity contribution < 1.29 is 4.42 Å². The van der Waals surface area contributed by atoms with Crippen molar-refractivity contribution >= 4 is 66.8 Å². The highest BCUT2D eigenvalue weighted by molar-refractivity contribution is 6.13. The predicted molar refractivity (Wildman–Crippen MR) is 195 cm³/mol. The number of rotatable bonds is 5. The van der Waals surface area contributed by atoms with Gasteiger partial charge in [-0.15, -0.1) is 0 Å². The summed E-state index contributed by atoms with van der Waals surface area (Å²) in [5.41, 5.74) is 12.0. The monoisotopic (exact) mass is 590 g/mol. The van der Waals surface area contributed by atoms with Crippen molar-refractivity contribution in [1.29, 1.82) is 0 Å². The minimum atomic E-state index is 0.867. The lowest BCUT2D eigenvalue weighted by atomic mass is 10.0. The molecule has 9 aromatic rings. The zero-order chi connectivity index (χ0) is 30.8. The standard InChI is InChI=1S/C43H30N2O/c1-3-13-37-31(4-2)32-16-8-10-19-38(32)44(37)30-23-25-42-36(27-30)34-18-12-21-41(43(34)46-42)45-39-20-11-9-17-33(39)35-26-29(22-24-40(35)45)28-14-6-5-7-15-28/h3-27H,2H2,1H3/b13-3-. The van der Waals surface area contributed by atoms with Gasteiger partial charge >= 0.3 is 0 Å². The van der Waals surface area contributed by atoms with E-state index in [0.717, 1.165) is 61.1 Å². The van der Waals surface area contributed by atoms with Crippen LogP contribution in [0.15, 0.2) is 151 Å². The molecule has 0 saturated carbocycles. The Bertz CT molecular complexity index is 2660. The van der Waals surface area contributed by atoms with Crippen LogP contribution in [-0.2, 0) is 0 Å². The SMILES string of the molecule is C=Cc1c(/C=C\C)n(-c2ccc3oc4c(-n5c6ccccc6c6cc(-c7ccccc7)ccc65)cccc4c3c2)c2ccccc12. The molecule has 0 N–H and O–H groups in total. The molecule has 3 nitrogen and oxygen atoms in total. The molecule has 0 unspecified atom stereocenters. The fourth-order valence-corrected chi connectivity index (χ4v) is 7.23. The average molecular weight is 591 g/mol. The fourth-order valence-electron chi connectivity index (χ4n) is 7.23. The van der Waals surface area contributed by atoms with E-state index in [-0.39, 0.29) is 0 Å². The minimum absolute atomic E-state index is 0.867. The number of benzene rings is 6. The first-order valence-corrected chi connectivity index (χ1v) is 15.7. The van der Waals surface area contributed by atoms with Crippen LogP contribution in [-0.4, -0.2) is 9.13 Å². The Hall–Kier alpha value is -6.06. The Labute approximate surface area is 266 Å². The van der Waals surface area contributed by atoms with E-state index in [4.69, 9.17) is 4.42 Å². The molecule has 218 valence electrons. The van der Waals surface area contributed by atoms with Crippen molar-refractivity contribution in [1.82, 2.24) is 9.13 Å². The zero-order valence-corrected chi connectivity index (χ0v) is 25.4. The molecule has 0 bridgehead atoms. The molecule has 0 saturated heterocycles. The molecule has 9 rings (SSSR count). The Morgan fingerprint density at radius 3 is 2.09 bits per heavy atom. The van der Waals surface area contributed by atoms with Crippen molar-refractivity contribution in [3.8, 4) is 22.5 Å². The van der Waals surface area contributed by atoms with Crippen molar-refractivity contribution in [3.63, 3.8) is 0 Å². The number of aromatic nitrogens is 2. The Morgan fingerprint density at radius 2 is 1.28 bits per heavy atom. The first-order chi connectivity index (χ1) is 22.7. The molecular formula is C43H30N2O. The first kappa shape index (κ1) is 26.4. The zero-order valence-electron chi connectivity index (χ0n) is 25.4. The van der Waals surface area contributed by atoms with E-state index < -0.39 is 0 Å². The van der Waals surface area contributed by atoms with E-state index in [1.807, 2.05) is 6.08 Å². The van der Waals surface area contributed by atoms with E-state index in [1.165, 1.54) is 27.3 Å². The third-order valence-electron chi connectivity index (χ3n) is 9.22. The summed E-state index contributed by atoms with van der Waals surface area (Å²) >= 11 is 0. The summed E-state index contributed by atoms with van der Waals surface area (Å²) in [6, 6.07) is 47.5. The van der Waals surface area contributed by atoms with E-state index in [1.54, 1.807) is 0 Å². The second-order valence-electron chi connectivity index (χ2n) is 11.7. The first-order valence-electron chi connectivity index (χ1n) is 15.7. The van der Waals surface area contributed by atoms with E-state index in [9.17, 15) is 0 Å². The van der Waals surface area contributed by atoms with Gasteiger partial charge in [-0.3, -0.25) is 0 Å². The van der Waals surface area contributed by atoms with Gasteiger partial charge in [-0.25, -0.2) is 0 Å². The second kappa shape index (κ2) is 10.3. The van der Waals surface area contributed by atoms with Gasteiger partial charge in [0.05, 0.1) is 27.9 Å². The number of hydrogen-bond donors (Lipinski definition) is 0. The van der Waals surface area contributed by atoms with E-state index >= 15 is 0 Å². The molecule has 0 aliphatic carbocycles. The topological polar surface area (TPSA) is 23.0 Å². The number of nitrogens with zero attached hydrogens (tertiary/aromatic N) is 2. The molecule has 0 radical (unpaired) electrons. The van der Waals surface area contributed by atoms with Gasteiger partial charge in [0.25, 0.3) is 0 Å². The highest BCUT2D eigenvalue weighted by atomic mass is 16.3.